The van der Waals surface area contributed by atoms with E-state index in [2.05, 4.69) is 44.3 Å². The van der Waals surface area contributed by atoms with Crippen molar-refractivity contribution in [3.63, 3.8) is 0 Å². The van der Waals surface area contributed by atoms with Crippen LogP contribution in [0.5, 0.6) is 0 Å². The molecular weight excluding hydrogens is 314 g/mol. The zero-order chi connectivity index (χ0) is 17.2. The number of fused-ring (bicyclic) bond motifs is 1. The van der Waals surface area contributed by atoms with Gasteiger partial charge in [-0.2, -0.15) is 0 Å². The normalized spacial score (nSPS) is 15.5. The first-order chi connectivity index (χ1) is 12.2. The molecule has 1 saturated heterocycles. The number of benzene rings is 1. The van der Waals surface area contributed by atoms with Gasteiger partial charge in [0.25, 0.3) is 5.91 Å². The van der Waals surface area contributed by atoms with Gasteiger partial charge in [0.15, 0.2) is 0 Å². The first-order valence-corrected chi connectivity index (χ1v) is 8.48. The molecule has 128 valence electrons. The summed E-state index contributed by atoms with van der Waals surface area (Å²) in [7, 11) is 2.15. The molecule has 6 nitrogen and oxygen atoms in total. The molecule has 1 aliphatic rings. The molecule has 1 aliphatic heterocycles. The van der Waals surface area contributed by atoms with Crippen molar-refractivity contribution in [1.29, 1.82) is 0 Å². The topological polar surface area (TPSA) is 64.3 Å². The summed E-state index contributed by atoms with van der Waals surface area (Å²) in [6, 6.07) is 13.5. The average molecular weight is 335 g/mol. The summed E-state index contributed by atoms with van der Waals surface area (Å²) in [5.74, 6) is -0.162. The summed E-state index contributed by atoms with van der Waals surface area (Å²) in [6.07, 6.45) is 1.72. The molecule has 1 amide bonds. The van der Waals surface area contributed by atoms with Crippen LogP contribution in [0.15, 0.2) is 48.7 Å². The number of carbonyl (C=O) groups is 1. The molecule has 0 radical (unpaired) electrons. The summed E-state index contributed by atoms with van der Waals surface area (Å²) in [5.41, 5.74) is 4.14. The predicted octanol–water partition coefficient (Wildman–Crippen LogP) is 2.57. The quantitative estimate of drug-likeness (QED) is 0.772. The van der Waals surface area contributed by atoms with Gasteiger partial charge in [-0.15, -0.1) is 0 Å². The summed E-state index contributed by atoms with van der Waals surface area (Å²) >= 11 is 0. The Kier molecular flexibility index (Phi) is 4.11. The van der Waals surface area contributed by atoms with Gasteiger partial charge >= 0.3 is 0 Å². The van der Waals surface area contributed by atoms with Crippen molar-refractivity contribution < 1.29 is 4.79 Å². The van der Waals surface area contributed by atoms with E-state index in [0.717, 1.165) is 42.9 Å². The zero-order valence-electron chi connectivity index (χ0n) is 14.2. The minimum Gasteiger partial charge on any atom is -0.369 e. The highest BCUT2D eigenvalue weighted by Gasteiger charge is 2.14. The van der Waals surface area contributed by atoms with Crippen LogP contribution in [0.25, 0.3) is 11.0 Å². The minimum atomic E-state index is -0.162. The number of hydrogen-bond donors (Lipinski definition) is 2. The van der Waals surface area contributed by atoms with Gasteiger partial charge in [-0.25, -0.2) is 0 Å². The number of hydrogen-bond acceptors (Lipinski definition) is 4. The smallest absolute Gasteiger partial charge is 0.272 e. The zero-order valence-corrected chi connectivity index (χ0v) is 14.2. The van der Waals surface area contributed by atoms with Crippen LogP contribution in [-0.4, -0.2) is 54.0 Å². The van der Waals surface area contributed by atoms with Gasteiger partial charge in [0.2, 0.25) is 0 Å². The molecule has 2 N–H and O–H groups in total. The van der Waals surface area contributed by atoms with E-state index in [9.17, 15) is 4.79 Å². The number of anilines is 2. The van der Waals surface area contributed by atoms with Crippen LogP contribution >= 0.6 is 0 Å². The second kappa shape index (κ2) is 6.57. The van der Waals surface area contributed by atoms with Crippen molar-refractivity contribution in [2.75, 3.05) is 43.4 Å². The standard InChI is InChI=1S/C19H21N5O/c1-23-9-11-24(12-10-23)15-6-4-14(5-7-15)21-19(25)18-13-17-16(22-18)3-2-8-20-17/h2-8,13,22H,9-12H2,1H3,(H,21,25). The van der Waals surface area contributed by atoms with E-state index in [-0.39, 0.29) is 5.91 Å². The van der Waals surface area contributed by atoms with Crippen molar-refractivity contribution in [1.82, 2.24) is 14.9 Å². The number of aromatic amines is 1. The molecule has 4 rings (SSSR count). The van der Waals surface area contributed by atoms with Crippen LogP contribution in [0, 0.1) is 0 Å². The lowest BCUT2D eigenvalue weighted by atomic mass is 10.2. The molecule has 2 aromatic heterocycles. The van der Waals surface area contributed by atoms with Crippen LogP contribution in [0.1, 0.15) is 10.5 Å². The van der Waals surface area contributed by atoms with Crippen LogP contribution in [0.3, 0.4) is 0 Å². The van der Waals surface area contributed by atoms with Crippen molar-refractivity contribution in [3.05, 3.63) is 54.4 Å². The largest absolute Gasteiger partial charge is 0.369 e. The maximum absolute atomic E-state index is 12.4. The number of pyridine rings is 1. The average Bonchev–Trinajstić information content (AvgIpc) is 3.07. The molecule has 3 heterocycles. The molecule has 0 spiro atoms. The molecule has 1 aromatic carbocycles. The number of piperazine rings is 1. The highest BCUT2D eigenvalue weighted by Crippen LogP contribution is 2.20. The van der Waals surface area contributed by atoms with E-state index in [4.69, 9.17) is 0 Å². The van der Waals surface area contributed by atoms with Gasteiger partial charge in [-0.3, -0.25) is 9.78 Å². The monoisotopic (exact) mass is 335 g/mol. The fourth-order valence-electron chi connectivity index (χ4n) is 3.10. The second-order valence-electron chi connectivity index (χ2n) is 6.41. The lowest BCUT2D eigenvalue weighted by molar-refractivity contribution is 0.102. The highest BCUT2D eigenvalue weighted by atomic mass is 16.1. The van der Waals surface area contributed by atoms with Gasteiger partial charge in [0.1, 0.15) is 5.69 Å². The van der Waals surface area contributed by atoms with Crippen LogP contribution in [-0.2, 0) is 0 Å². The fraction of sp³-hybridized carbons (Fsp3) is 0.263. The maximum Gasteiger partial charge on any atom is 0.272 e. The SMILES string of the molecule is CN1CCN(c2ccc(NC(=O)c3cc4ncccc4[nH]3)cc2)CC1. The van der Waals surface area contributed by atoms with Crippen molar-refractivity contribution >= 4 is 28.3 Å². The number of nitrogens with one attached hydrogen (secondary N) is 2. The van der Waals surface area contributed by atoms with Crippen molar-refractivity contribution in [3.8, 4) is 0 Å². The number of aromatic nitrogens is 2. The molecule has 0 saturated carbocycles. The molecule has 0 atom stereocenters. The lowest BCUT2D eigenvalue weighted by Gasteiger charge is -2.34. The van der Waals surface area contributed by atoms with Gasteiger partial charge in [-0.05, 0) is 49.5 Å². The van der Waals surface area contributed by atoms with Crippen LogP contribution < -0.4 is 10.2 Å². The Hall–Kier alpha value is -2.86. The van der Waals surface area contributed by atoms with E-state index >= 15 is 0 Å². The van der Waals surface area contributed by atoms with E-state index in [1.54, 1.807) is 12.3 Å². The summed E-state index contributed by atoms with van der Waals surface area (Å²) in [5, 5.41) is 2.93. The fourth-order valence-corrected chi connectivity index (χ4v) is 3.10. The summed E-state index contributed by atoms with van der Waals surface area (Å²) in [6.45, 7) is 4.22. The molecule has 0 aliphatic carbocycles. The Morgan fingerprint density at radius 2 is 1.88 bits per heavy atom. The second-order valence-corrected chi connectivity index (χ2v) is 6.41. The number of carbonyl (C=O) groups excluding carboxylic acids is 1. The van der Waals surface area contributed by atoms with Crippen molar-refractivity contribution in [2.45, 2.75) is 0 Å². The molecule has 1 fully saturated rings. The first-order valence-electron chi connectivity index (χ1n) is 8.48. The molecule has 6 heteroatoms. The third-order valence-corrected chi connectivity index (χ3v) is 4.63. The van der Waals surface area contributed by atoms with Gasteiger partial charge in [0.05, 0.1) is 11.0 Å². The molecular formula is C19H21N5O. The van der Waals surface area contributed by atoms with E-state index < -0.39 is 0 Å². The Morgan fingerprint density at radius 3 is 2.60 bits per heavy atom. The number of likely N-dealkylation sites (N-methyl/N-ethyl adjacent to an activating group) is 1. The Labute approximate surface area is 146 Å². The Balaban J connectivity index is 1.44. The molecule has 25 heavy (non-hydrogen) atoms. The minimum absolute atomic E-state index is 0.162. The van der Waals surface area contributed by atoms with Gasteiger partial charge in [0, 0.05) is 43.8 Å². The number of amides is 1. The Bertz CT molecular complexity index is 845. The third-order valence-electron chi connectivity index (χ3n) is 4.63. The van der Waals surface area contributed by atoms with E-state index in [0.29, 0.717) is 5.69 Å². The molecule has 3 aromatic rings. The summed E-state index contributed by atoms with van der Waals surface area (Å²) in [4.78, 5) is 24.5. The van der Waals surface area contributed by atoms with Crippen LogP contribution in [0.2, 0.25) is 0 Å². The highest BCUT2D eigenvalue weighted by molar-refractivity contribution is 6.05. The number of nitrogens with zero attached hydrogens (tertiary/aromatic N) is 3. The molecule has 0 unspecified atom stereocenters. The van der Waals surface area contributed by atoms with Crippen LogP contribution in [0.4, 0.5) is 11.4 Å². The predicted molar refractivity (Wildman–Crippen MR) is 100 cm³/mol. The lowest BCUT2D eigenvalue weighted by Crippen LogP contribution is -2.44. The van der Waals surface area contributed by atoms with Gasteiger partial charge < -0.3 is 20.1 Å². The number of rotatable bonds is 3. The van der Waals surface area contributed by atoms with E-state index in [1.165, 1.54) is 5.69 Å². The number of H-pyrrole nitrogens is 1. The Morgan fingerprint density at radius 1 is 1.12 bits per heavy atom. The maximum atomic E-state index is 12.4. The first kappa shape index (κ1) is 15.7. The van der Waals surface area contributed by atoms with Crippen molar-refractivity contribution in [2.24, 2.45) is 0 Å². The van der Waals surface area contributed by atoms with Gasteiger partial charge in [-0.1, -0.05) is 0 Å². The molecule has 0 bridgehead atoms. The summed E-state index contributed by atoms with van der Waals surface area (Å²) < 4.78 is 0. The third kappa shape index (κ3) is 3.34. The van der Waals surface area contributed by atoms with E-state index in [1.807, 2.05) is 24.3 Å².